The molecule has 0 unspecified atom stereocenters. The number of benzene rings is 5. The predicted octanol–water partition coefficient (Wildman–Crippen LogP) is 11.4. The number of fused-ring (bicyclic) bond motifs is 8. The maximum atomic E-state index is 11.8. The predicted molar refractivity (Wildman–Crippen MR) is 263 cm³/mol. The minimum Gasteiger partial charge on any atom is -0.656 e. The van der Waals surface area contributed by atoms with Crippen LogP contribution in [-0.4, -0.2) is 42.0 Å². The molecule has 5 aromatic carbocycles. The molecule has 0 saturated heterocycles. The molecule has 8 bridgehead atoms. The van der Waals surface area contributed by atoms with Crippen LogP contribution in [0.5, 0.6) is 11.5 Å². The fourth-order valence-corrected chi connectivity index (χ4v) is 8.56. The molecule has 1 atom stereocenters. The van der Waals surface area contributed by atoms with Gasteiger partial charge in [0.1, 0.15) is 17.1 Å². The maximum Gasteiger partial charge on any atom is 2.00 e. The number of nitrogens with zero attached hydrogens (tertiary/aromatic N) is 4. The Morgan fingerprint density at radius 3 is 1.43 bits per heavy atom. The molecule has 10 rings (SSSR count). The first-order chi connectivity index (χ1) is 32.5. The fraction of sp³-hybridized carbons (Fsp3) is 0.103. The molecule has 2 aliphatic heterocycles. The first-order valence-corrected chi connectivity index (χ1v) is 21.8. The van der Waals surface area contributed by atoms with E-state index in [1.165, 1.54) is 0 Å². The SMILES string of the molecule is COc1ccc(C(OC[C@@H](O)CC#Cc2c3ccc([n-]3)c(-c3ccccc3)c3nc(cc4nc(c(-c5ccccc5)c5ccc2[n-]5)C=C4)C=C3)(c2ccccc2)c2ccc(OC)cc2)cc1.[Zn+2]. The Morgan fingerprint density at radius 2 is 0.970 bits per heavy atom. The quantitative estimate of drug-likeness (QED) is 0.0777. The van der Waals surface area contributed by atoms with Crippen LogP contribution in [0.1, 0.15) is 51.5 Å². The van der Waals surface area contributed by atoms with Crippen LogP contribution >= 0.6 is 0 Å². The van der Waals surface area contributed by atoms with Crippen molar-refractivity contribution in [2.75, 3.05) is 20.8 Å². The molecule has 0 spiro atoms. The number of methoxy groups -OCH3 is 2. The number of aromatic nitrogens is 4. The molecule has 2 aliphatic rings. The fourth-order valence-electron chi connectivity index (χ4n) is 8.56. The van der Waals surface area contributed by atoms with Gasteiger partial charge in [-0.2, -0.15) is 0 Å². The summed E-state index contributed by atoms with van der Waals surface area (Å²) in [5.41, 5.74) is 12.0. The summed E-state index contributed by atoms with van der Waals surface area (Å²) in [4.78, 5) is 20.6. The Morgan fingerprint density at radius 1 is 0.537 bits per heavy atom. The first kappa shape index (κ1) is 44.6. The summed E-state index contributed by atoms with van der Waals surface area (Å²) in [7, 11) is 3.29. The van der Waals surface area contributed by atoms with Gasteiger partial charge >= 0.3 is 19.5 Å². The summed E-state index contributed by atoms with van der Waals surface area (Å²) in [6, 6.07) is 56.0. The van der Waals surface area contributed by atoms with Gasteiger partial charge in [0.25, 0.3) is 0 Å². The third-order valence-corrected chi connectivity index (χ3v) is 11.8. The zero-order valence-corrected chi connectivity index (χ0v) is 40.1. The molecule has 5 heterocycles. The molecule has 322 valence electrons. The van der Waals surface area contributed by atoms with Gasteiger partial charge in [-0.25, -0.2) is 9.97 Å². The third kappa shape index (κ3) is 9.16. The van der Waals surface area contributed by atoms with Gasteiger partial charge in [-0.15, -0.1) is 22.1 Å². The molecule has 3 aromatic heterocycles. The van der Waals surface area contributed by atoms with E-state index in [1.54, 1.807) is 14.2 Å². The van der Waals surface area contributed by atoms with Crippen molar-refractivity contribution in [2.24, 2.45) is 0 Å². The van der Waals surface area contributed by atoms with Gasteiger partial charge in [0.15, 0.2) is 0 Å². The smallest absolute Gasteiger partial charge is 0.656 e. The molecule has 8 aromatic rings. The zero-order valence-electron chi connectivity index (χ0n) is 37.1. The van der Waals surface area contributed by atoms with Gasteiger partial charge in [0.05, 0.1) is 49.7 Å². The Balaban J connectivity index is 0.00000562. The molecule has 8 nitrogen and oxygen atoms in total. The van der Waals surface area contributed by atoms with E-state index < -0.39 is 11.7 Å². The maximum absolute atomic E-state index is 11.8. The van der Waals surface area contributed by atoms with Crippen LogP contribution in [0.3, 0.4) is 0 Å². The van der Waals surface area contributed by atoms with Crippen LogP contribution in [0.2, 0.25) is 0 Å². The Bertz CT molecular complexity index is 3130. The molecule has 0 amide bonds. The van der Waals surface area contributed by atoms with Crippen molar-refractivity contribution in [3.63, 3.8) is 0 Å². The summed E-state index contributed by atoms with van der Waals surface area (Å²) >= 11 is 0. The number of rotatable bonds is 11. The van der Waals surface area contributed by atoms with Crippen molar-refractivity contribution in [1.29, 1.82) is 0 Å². The molecule has 9 heteroatoms. The second-order valence-electron chi connectivity index (χ2n) is 15.9. The second-order valence-corrected chi connectivity index (χ2v) is 15.9. The van der Waals surface area contributed by atoms with Crippen molar-refractivity contribution >= 4 is 46.4 Å². The largest absolute Gasteiger partial charge is 2.00 e. The summed E-state index contributed by atoms with van der Waals surface area (Å²) in [5, 5.41) is 11.8. The van der Waals surface area contributed by atoms with E-state index in [0.717, 1.165) is 84.3 Å². The minimum absolute atomic E-state index is 0. The van der Waals surface area contributed by atoms with Crippen LogP contribution in [0.25, 0.3) is 68.6 Å². The first-order valence-electron chi connectivity index (χ1n) is 21.8. The van der Waals surface area contributed by atoms with Crippen LogP contribution in [0, 0.1) is 11.8 Å². The van der Waals surface area contributed by atoms with Crippen LogP contribution in [-0.2, 0) is 29.8 Å². The van der Waals surface area contributed by atoms with E-state index in [1.807, 2.05) is 170 Å². The number of aliphatic hydroxyl groups is 1. The molecule has 0 fully saturated rings. The molecule has 0 radical (unpaired) electrons. The van der Waals surface area contributed by atoms with E-state index >= 15 is 0 Å². The van der Waals surface area contributed by atoms with E-state index in [9.17, 15) is 5.11 Å². The Hall–Kier alpha value is -7.60. The van der Waals surface area contributed by atoms with Gasteiger partial charge in [0, 0.05) is 6.42 Å². The zero-order chi connectivity index (χ0) is 44.9. The molecular formula is C58H44N4O4Zn. The van der Waals surface area contributed by atoms with E-state index in [2.05, 4.69) is 36.1 Å². The number of hydrogen-bond acceptors (Lipinski definition) is 6. The van der Waals surface area contributed by atoms with E-state index in [0.29, 0.717) is 16.6 Å². The summed E-state index contributed by atoms with van der Waals surface area (Å²) in [5.74, 6) is 8.17. The van der Waals surface area contributed by atoms with E-state index in [-0.39, 0.29) is 32.5 Å². The van der Waals surface area contributed by atoms with Crippen molar-refractivity contribution < 1.29 is 38.8 Å². The summed E-state index contributed by atoms with van der Waals surface area (Å²) < 4.78 is 18.0. The van der Waals surface area contributed by atoms with Crippen LogP contribution < -0.4 is 19.4 Å². The van der Waals surface area contributed by atoms with Gasteiger partial charge in [-0.1, -0.05) is 151 Å². The Kier molecular flexibility index (Phi) is 13.2. The summed E-state index contributed by atoms with van der Waals surface area (Å²) in [6.07, 6.45) is 7.23. The average Bonchev–Trinajstić information content (AvgIpc) is 4.23. The minimum atomic E-state index is -1.09. The molecule has 0 saturated carbocycles. The van der Waals surface area contributed by atoms with Crippen molar-refractivity contribution in [3.8, 4) is 45.6 Å². The van der Waals surface area contributed by atoms with E-state index in [4.69, 9.17) is 34.1 Å². The molecular weight excluding hydrogens is 882 g/mol. The number of ether oxygens (including phenoxy) is 3. The third-order valence-electron chi connectivity index (χ3n) is 11.8. The number of hydrogen-bond donors (Lipinski definition) is 1. The van der Waals surface area contributed by atoms with Gasteiger partial charge in [-0.05, 0) is 99.1 Å². The second kappa shape index (κ2) is 19.9. The molecule has 67 heavy (non-hydrogen) atoms. The average molecular weight is 926 g/mol. The molecule has 0 aliphatic carbocycles. The van der Waals surface area contributed by atoms with Crippen molar-refractivity contribution in [3.05, 3.63) is 215 Å². The normalized spacial score (nSPS) is 12.2. The van der Waals surface area contributed by atoms with Crippen molar-refractivity contribution in [1.82, 2.24) is 19.9 Å². The standard InChI is InChI=1S/C58H44N4O4.Zn/c1-64-47-27-21-42(22-28-47)58(41-17-10-5-11-18-41,43-23-29-48(65-2)30-24-43)66-38-46(63)19-12-20-49-50-33-35-54(61-50)56(39-13-6-3-7-14-39)52-31-25-44(59-52)37-45-26-32-53(60-45)57(40-15-8-4-9-16-40)55-36-34-51(49)62-55;/h3-11,13-18,21-37,46,63H,19,38H2,1-2H3;/q-2;+2/t46-;/m0./s1. The monoisotopic (exact) mass is 924 g/mol. The Labute approximate surface area is 402 Å². The van der Waals surface area contributed by atoms with Crippen LogP contribution in [0.4, 0.5) is 0 Å². The molecule has 1 N–H and O–H groups in total. The van der Waals surface area contributed by atoms with Gasteiger partial charge in [-0.3, -0.25) is 0 Å². The summed E-state index contributed by atoms with van der Waals surface area (Å²) in [6.45, 7) is -0.0278. The van der Waals surface area contributed by atoms with Crippen LogP contribution in [0.15, 0.2) is 170 Å². The number of aliphatic hydroxyl groups excluding tert-OH is 1. The van der Waals surface area contributed by atoms with Gasteiger partial charge < -0.3 is 29.3 Å². The van der Waals surface area contributed by atoms with Crippen molar-refractivity contribution in [2.45, 2.75) is 18.1 Å². The topological polar surface area (TPSA) is 102 Å². The van der Waals surface area contributed by atoms with Gasteiger partial charge in [0.2, 0.25) is 0 Å².